The normalized spacial score (nSPS) is 24.8. The lowest BCUT2D eigenvalue weighted by atomic mass is 9.92. The zero-order valence-corrected chi connectivity index (χ0v) is 11.2. The van der Waals surface area contributed by atoms with E-state index in [1.54, 1.807) is 0 Å². The van der Waals surface area contributed by atoms with Crippen molar-refractivity contribution >= 4 is 11.6 Å². The summed E-state index contributed by atoms with van der Waals surface area (Å²) in [6.45, 7) is 8.78. The summed E-state index contributed by atoms with van der Waals surface area (Å²) >= 11 is 0. The SMILES string of the molecule is CNc1cc(N2CC(C)CC(C)C2)nc(C)n1. The number of rotatable bonds is 2. The first kappa shape index (κ1) is 12.1. The Labute approximate surface area is 103 Å². The molecule has 2 unspecified atom stereocenters. The number of aryl methyl sites for hydroxylation is 1. The number of hydrogen-bond acceptors (Lipinski definition) is 4. The van der Waals surface area contributed by atoms with Crippen LogP contribution in [-0.4, -0.2) is 30.1 Å². The number of hydrogen-bond donors (Lipinski definition) is 1. The van der Waals surface area contributed by atoms with Crippen molar-refractivity contribution in [1.29, 1.82) is 0 Å². The van der Waals surface area contributed by atoms with Gasteiger partial charge in [-0.3, -0.25) is 0 Å². The number of aromatic nitrogens is 2. The molecule has 0 saturated carbocycles. The van der Waals surface area contributed by atoms with Crippen LogP contribution in [0.2, 0.25) is 0 Å². The Morgan fingerprint density at radius 1 is 1.24 bits per heavy atom. The Balaban J connectivity index is 2.23. The Bertz CT molecular complexity index is 381. The molecule has 4 heteroatoms. The van der Waals surface area contributed by atoms with Crippen molar-refractivity contribution in [3.8, 4) is 0 Å². The van der Waals surface area contributed by atoms with Crippen LogP contribution in [-0.2, 0) is 0 Å². The van der Waals surface area contributed by atoms with Gasteiger partial charge in [0.2, 0.25) is 0 Å². The minimum Gasteiger partial charge on any atom is -0.373 e. The van der Waals surface area contributed by atoms with Crippen LogP contribution in [0.3, 0.4) is 0 Å². The van der Waals surface area contributed by atoms with Crippen LogP contribution in [0.25, 0.3) is 0 Å². The first-order valence-corrected chi connectivity index (χ1v) is 6.37. The molecule has 0 amide bonds. The third kappa shape index (κ3) is 2.87. The van der Waals surface area contributed by atoms with Gasteiger partial charge in [0.25, 0.3) is 0 Å². The summed E-state index contributed by atoms with van der Waals surface area (Å²) < 4.78 is 0. The maximum atomic E-state index is 4.55. The van der Waals surface area contributed by atoms with Crippen LogP contribution in [0, 0.1) is 18.8 Å². The van der Waals surface area contributed by atoms with Crippen molar-refractivity contribution in [2.75, 3.05) is 30.4 Å². The van der Waals surface area contributed by atoms with E-state index < -0.39 is 0 Å². The van der Waals surface area contributed by atoms with Crippen molar-refractivity contribution in [3.05, 3.63) is 11.9 Å². The van der Waals surface area contributed by atoms with E-state index in [0.29, 0.717) is 0 Å². The van der Waals surface area contributed by atoms with Gasteiger partial charge in [-0.2, -0.15) is 0 Å². The third-order valence-corrected chi connectivity index (χ3v) is 3.27. The van der Waals surface area contributed by atoms with Crippen molar-refractivity contribution in [3.63, 3.8) is 0 Å². The lowest BCUT2D eigenvalue weighted by Crippen LogP contribution is -2.39. The van der Waals surface area contributed by atoms with Gasteiger partial charge in [0.15, 0.2) is 0 Å². The molecule has 2 rings (SSSR count). The second-order valence-corrected chi connectivity index (χ2v) is 5.26. The maximum absolute atomic E-state index is 4.55. The molecule has 0 spiro atoms. The van der Waals surface area contributed by atoms with Crippen LogP contribution in [0.15, 0.2) is 6.07 Å². The second-order valence-electron chi connectivity index (χ2n) is 5.26. The molecule has 0 aromatic carbocycles. The molecule has 1 fully saturated rings. The van der Waals surface area contributed by atoms with Crippen molar-refractivity contribution in [2.24, 2.45) is 11.8 Å². The molecule has 1 aromatic rings. The van der Waals surface area contributed by atoms with Gasteiger partial charge < -0.3 is 10.2 Å². The standard InChI is InChI=1S/C13H22N4/c1-9-5-10(2)8-17(7-9)13-6-12(14-4)15-11(3)16-13/h6,9-10H,5,7-8H2,1-4H3,(H,14,15,16). The molecule has 1 N–H and O–H groups in total. The van der Waals surface area contributed by atoms with Crippen LogP contribution in [0.1, 0.15) is 26.1 Å². The number of piperidine rings is 1. The zero-order valence-electron chi connectivity index (χ0n) is 11.2. The lowest BCUT2D eigenvalue weighted by molar-refractivity contribution is 0.355. The van der Waals surface area contributed by atoms with E-state index in [1.165, 1.54) is 6.42 Å². The molecule has 1 aromatic heterocycles. The van der Waals surface area contributed by atoms with Crippen LogP contribution < -0.4 is 10.2 Å². The van der Waals surface area contributed by atoms with Gasteiger partial charge in [0.05, 0.1) is 0 Å². The van der Waals surface area contributed by atoms with E-state index in [0.717, 1.165) is 42.4 Å². The molecular formula is C13H22N4. The summed E-state index contributed by atoms with van der Waals surface area (Å²) in [4.78, 5) is 11.3. The largest absolute Gasteiger partial charge is 0.373 e. The molecule has 0 aliphatic carbocycles. The van der Waals surface area contributed by atoms with E-state index in [1.807, 2.05) is 20.0 Å². The highest BCUT2D eigenvalue weighted by atomic mass is 15.2. The highest BCUT2D eigenvalue weighted by Gasteiger charge is 2.23. The predicted molar refractivity (Wildman–Crippen MR) is 71.5 cm³/mol. The minimum atomic E-state index is 0.743. The van der Waals surface area contributed by atoms with Crippen molar-refractivity contribution in [1.82, 2.24) is 9.97 Å². The maximum Gasteiger partial charge on any atom is 0.134 e. The second kappa shape index (κ2) is 4.90. The van der Waals surface area contributed by atoms with E-state index in [-0.39, 0.29) is 0 Å². The topological polar surface area (TPSA) is 41.0 Å². The predicted octanol–water partition coefficient (Wildman–Crippen LogP) is 2.31. The lowest BCUT2D eigenvalue weighted by Gasteiger charge is -2.35. The minimum absolute atomic E-state index is 0.743. The number of anilines is 2. The summed E-state index contributed by atoms with van der Waals surface area (Å²) in [5.74, 6) is 4.27. The Morgan fingerprint density at radius 2 is 1.88 bits per heavy atom. The fourth-order valence-electron chi connectivity index (χ4n) is 2.69. The van der Waals surface area contributed by atoms with E-state index in [4.69, 9.17) is 0 Å². The fraction of sp³-hybridized carbons (Fsp3) is 0.692. The van der Waals surface area contributed by atoms with E-state index >= 15 is 0 Å². The fourth-order valence-corrected chi connectivity index (χ4v) is 2.69. The molecule has 4 nitrogen and oxygen atoms in total. The van der Waals surface area contributed by atoms with E-state index in [9.17, 15) is 0 Å². The van der Waals surface area contributed by atoms with Crippen LogP contribution >= 0.6 is 0 Å². The summed E-state index contributed by atoms with van der Waals surface area (Å²) in [6.07, 6.45) is 1.32. The first-order chi connectivity index (χ1) is 8.08. The Morgan fingerprint density at radius 3 is 2.47 bits per heavy atom. The van der Waals surface area contributed by atoms with Gasteiger partial charge in [-0.25, -0.2) is 9.97 Å². The zero-order chi connectivity index (χ0) is 12.4. The van der Waals surface area contributed by atoms with Crippen LogP contribution in [0.5, 0.6) is 0 Å². The molecule has 0 radical (unpaired) electrons. The monoisotopic (exact) mass is 234 g/mol. The number of nitrogens with zero attached hydrogens (tertiary/aromatic N) is 3. The van der Waals surface area contributed by atoms with Crippen molar-refractivity contribution in [2.45, 2.75) is 27.2 Å². The Kier molecular flexibility index (Phi) is 3.50. The number of nitrogens with one attached hydrogen (secondary N) is 1. The highest BCUT2D eigenvalue weighted by molar-refractivity contribution is 5.49. The van der Waals surface area contributed by atoms with Gasteiger partial charge in [-0.1, -0.05) is 13.8 Å². The van der Waals surface area contributed by atoms with Gasteiger partial charge in [-0.05, 0) is 25.2 Å². The molecule has 0 bridgehead atoms. The molecule has 2 atom stereocenters. The van der Waals surface area contributed by atoms with Gasteiger partial charge in [0.1, 0.15) is 17.5 Å². The van der Waals surface area contributed by atoms with Gasteiger partial charge in [0, 0.05) is 26.2 Å². The Hall–Kier alpha value is -1.32. The summed E-state index contributed by atoms with van der Waals surface area (Å²) in [5, 5.41) is 3.09. The molecule has 1 aliphatic rings. The molecule has 1 aliphatic heterocycles. The molecule has 17 heavy (non-hydrogen) atoms. The molecular weight excluding hydrogens is 212 g/mol. The summed E-state index contributed by atoms with van der Waals surface area (Å²) in [5.41, 5.74) is 0. The smallest absolute Gasteiger partial charge is 0.134 e. The average Bonchev–Trinajstić information content (AvgIpc) is 2.26. The van der Waals surface area contributed by atoms with Gasteiger partial charge in [-0.15, -0.1) is 0 Å². The van der Waals surface area contributed by atoms with Crippen LogP contribution in [0.4, 0.5) is 11.6 Å². The molecule has 2 heterocycles. The summed E-state index contributed by atoms with van der Waals surface area (Å²) in [7, 11) is 1.90. The van der Waals surface area contributed by atoms with Crippen molar-refractivity contribution < 1.29 is 0 Å². The van der Waals surface area contributed by atoms with E-state index in [2.05, 4.69) is 34.0 Å². The first-order valence-electron chi connectivity index (χ1n) is 6.37. The molecule has 94 valence electrons. The molecule has 1 saturated heterocycles. The third-order valence-electron chi connectivity index (χ3n) is 3.27. The quantitative estimate of drug-likeness (QED) is 0.852. The van der Waals surface area contributed by atoms with Gasteiger partial charge >= 0.3 is 0 Å². The highest BCUT2D eigenvalue weighted by Crippen LogP contribution is 2.26. The average molecular weight is 234 g/mol. The summed E-state index contributed by atoms with van der Waals surface area (Å²) in [6, 6.07) is 2.04.